The molecule has 2 rings (SSSR count). The maximum atomic E-state index is 13.8. The minimum Gasteiger partial charge on any atom is -0.336 e. The van der Waals surface area contributed by atoms with Gasteiger partial charge in [-0.05, 0) is 31.9 Å². The van der Waals surface area contributed by atoms with Gasteiger partial charge in [0.1, 0.15) is 5.82 Å². The summed E-state index contributed by atoms with van der Waals surface area (Å²) in [7, 11) is 0. The van der Waals surface area contributed by atoms with Crippen molar-refractivity contribution in [3.05, 3.63) is 35.1 Å². The van der Waals surface area contributed by atoms with Crippen LogP contribution in [-0.2, 0) is 6.18 Å². The van der Waals surface area contributed by atoms with E-state index in [1.807, 2.05) is 0 Å². The summed E-state index contributed by atoms with van der Waals surface area (Å²) in [6, 6.07) is 2.82. The topological polar surface area (TPSA) is 20.3 Å². The van der Waals surface area contributed by atoms with Crippen molar-refractivity contribution in [2.75, 3.05) is 6.54 Å². The van der Waals surface area contributed by atoms with Crippen LogP contribution in [0.4, 0.5) is 17.6 Å². The Labute approximate surface area is 108 Å². The van der Waals surface area contributed by atoms with Crippen LogP contribution in [0.25, 0.3) is 0 Å². The van der Waals surface area contributed by atoms with Gasteiger partial charge in [0, 0.05) is 12.6 Å². The second-order valence-electron chi connectivity index (χ2n) is 4.49. The van der Waals surface area contributed by atoms with Gasteiger partial charge in [-0.25, -0.2) is 4.39 Å². The molecule has 0 radical (unpaired) electrons. The van der Waals surface area contributed by atoms with Crippen LogP contribution in [0.1, 0.15) is 35.7 Å². The summed E-state index contributed by atoms with van der Waals surface area (Å²) in [5.74, 6) is -2.16. The summed E-state index contributed by atoms with van der Waals surface area (Å²) >= 11 is 0. The zero-order valence-corrected chi connectivity index (χ0v) is 10.3. The highest BCUT2D eigenvalue weighted by atomic mass is 19.4. The average molecular weight is 275 g/mol. The number of alkyl halides is 3. The monoisotopic (exact) mass is 275 g/mol. The molecule has 2 nitrogen and oxygen atoms in total. The summed E-state index contributed by atoms with van der Waals surface area (Å²) in [6.07, 6.45) is -3.16. The number of halogens is 4. The third-order valence-electron chi connectivity index (χ3n) is 3.12. The summed E-state index contributed by atoms with van der Waals surface area (Å²) < 4.78 is 51.6. The van der Waals surface area contributed by atoms with Crippen molar-refractivity contribution in [1.82, 2.24) is 4.90 Å². The number of amides is 1. The number of hydrogen-bond acceptors (Lipinski definition) is 1. The SMILES string of the molecule is CCN(C(=O)c1cccc(C(F)(F)F)c1F)C1CC1. The van der Waals surface area contributed by atoms with Gasteiger partial charge in [0.15, 0.2) is 0 Å². The third-order valence-corrected chi connectivity index (χ3v) is 3.12. The van der Waals surface area contributed by atoms with Crippen molar-refractivity contribution in [2.24, 2.45) is 0 Å². The van der Waals surface area contributed by atoms with E-state index in [4.69, 9.17) is 0 Å². The summed E-state index contributed by atoms with van der Waals surface area (Å²) in [4.78, 5) is 13.5. The number of benzene rings is 1. The molecule has 0 spiro atoms. The molecule has 1 fully saturated rings. The van der Waals surface area contributed by atoms with Crippen LogP contribution in [0.15, 0.2) is 18.2 Å². The normalized spacial score (nSPS) is 15.4. The Morgan fingerprint density at radius 2 is 2.00 bits per heavy atom. The molecule has 0 bridgehead atoms. The predicted octanol–water partition coefficient (Wildman–Crippen LogP) is 3.47. The quantitative estimate of drug-likeness (QED) is 0.773. The molecule has 19 heavy (non-hydrogen) atoms. The largest absolute Gasteiger partial charge is 0.419 e. The van der Waals surface area contributed by atoms with Gasteiger partial charge in [-0.2, -0.15) is 13.2 Å². The van der Waals surface area contributed by atoms with E-state index in [9.17, 15) is 22.4 Å². The van der Waals surface area contributed by atoms with Gasteiger partial charge in [-0.3, -0.25) is 4.79 Å². The first-order valence-electron chi connectivity index (χ1n) is 6.03. The Balaban J connectivity index is 2.37. The van der Waals surface area contributed by atoms with E-state index in [0.29, 0.717) is 12.6 Å². The molecule has 1 aliphatic carbocycles. The molecule has 1 aromatic rings. The lowest BCUT2D eigenvalue weighted by molar-refractivity contribution is -0.140. The molecule has 1 aliphatic rings. The molecular formula is C13H13F4NO. The van der Waals surface area contributed by atoms with Crippen LogP contribution in [0.2, 0.25) is 0 Å². The first kappa shape index (κ1) is 13.8. The van der Waals surface area contributed by atoms with E-state index < -0.39 is 29.0 Å². The lowest BCUT2D eigenvalue weighted by Gasteiger charge is -2.21. The molecular weight excluding hydrogens is 262 g/mol. The highest BCUT2D eigenvalue weighted by molar-refractivity contribution is 5.95. The van der Waals surface area contributed by atoms with E-state index >= 15 is 0 Å². The average Bonchev–Trinajstić information content (AvgIpc) is 3.13. The van der Waals surface area contributed by atoms with Crippen molar-refractivity contribution in [3.63, 3.8) is 0 Å². The van der Waals surface area contributed by atoms with Crippen LogP contribution < -0.4 is 0 Å². The van der Waals surface area contributed by atoms with Crippen molar-refractivity contribution in [2.45, 2.75) is 32.0 Å². The highest BCUT2D eigenvalue weighted by Crippen LogP contribution is 2.34. The molecule has 104 valence electrons. The number of rotatable bonds is 3. The predicted molar refractivity (Wildman–Crippen MR) is 61.1 cm³/mol. The first-order valence-corrected chi connectivity index (χ1v) is 6.03. The second kappa shape index (κ2) is 4.83. The molecule has 1 amide bonds. The van der Waals surface area contributed by atoms with Crippen molar-refractivity contribution in [1.29, 1.82) is 0 Å². The summed E-state index contributed by atoms with van der Waals surface area (Å²) in [5.41, 5.74) is -1.91. The van der Waals surface area contributed by atoms with Crippen LogP contribution in [0.5, 0.6) is 0 Å². The van der Waals surface area contributed by atoms with Crippen molar-refractivity contribution in [3.8, 4) is 0 Å². The molecule has 0 saturated heterocycles. The summed E-state index contributed by atoms with van der Waals surface area (Å²) in [5, 5.41) is 0. The van der Waals surface area contributed by atoms with E-state index in [0.717, 1.165) is 25.0 Å². The fraction of sp³-hybridized carbons (Fsp3) is 0.462. The number of nitrogens with zero attached hydrogens (tertiary/aromatic N) is 1. The number of hydrogen-bond donors (Lipinski definition) is 0. The Morgan fingerprint density at radius 1 is 1.37 bits per heavy atom. The Morgan fingerprint density at radius 3 is 2.47 bits per heavy atom. The zero-order valence-electron chi connectivity index (χ0n) is 10.3. The van der Waals surface area contributed by atoms with Gasteiger partial charge in [0.25, 0.3) is 5.91 Å². The van der Waals surface area contributed by atoms with E-state index in [1.165, 1.54) is 4.90 Å². The molecule has 0 unspecified atom stereocenters. The van der Waals surface area contributed by atoms with Crippen LogP contribution >= 0.6 is 0 Å². The van der Waals surface area contributed by atoms with Crippen molar-refractivity contribution >= 4 is 5.91 Å². The fourth-order valence-electron chi connectivity index (χ4n) is 2.02. The minimum atomic E-state index is -4.79. The molecule has 0 N–H and O–H groups in total. The zero-order chi connectivity index (χ0) is 14.2. The van der Waals surface area contributed by atoms with Gasteiger partial charge in [-0.15, -0.1) is 0 Å². The molecule has 0 atom stereocenters. The molecule has 0 heterocycles. The van der Waals surface area contributed by atoms with Crippen LogP contribution in [0, 0.1) is 5.82 Å². The fourth-order valence-corrected chi connectivity index (χ4v) is 2.02. The first-order chi connectivity index (χ1) is 8.86. The van der Waals surface area contributed by atoms with Crippen LogP contribution in [-0.4, -0.2) is 23.4 Å². The highest BCUT2D eigenvalue weighted by Gasteiger charge is 2.38. The van der Waals surface area contributed by atoms with Gasteiger partial charge >= 0.3 is 6.18 Å². The minimum absolute atomic E-state index is 0.0337. The van der Waals surface area contributed by atoms with E-state index in [2.05, 4.69) is 0 Å². The maximum absolute atomic E-state index is 13.8. The smallest absolute Gasteiger partial charge is 0.336 e. The Bertz CT molecular complexity index is 494. The Kier molecular flexibility index (Phi) is 3.52. The lowest BCUT2D eigenvalue weighted by atomic mass is 10.1. The van der Waals surface area contributed by atoms with Crippen LogP contribution in [0.3, 0.4) is 0 Å². The van der Waals surface area contributed by atoms with Crippen molar-refractivity contribution < 1.29 is 22.4 Å². The third kappa shape index (κ3) is 2.72. The Hall–Kier alpha value is -1.59. The van der Waals surface area contributed by atoms with Gasteiger partial charge in [0.2, 0.25) is 0 Å². The number of carbonyl (C=O) groups excluding carboxylic acids is 1. The molecule has 0 aliphatic heterocycles. The van der Waals surface area contributed by atoms with Gasteiger partial charge in [-0.1, -0.05) is 6.07 Å². The standard InChI is InChI=1S/C13H13F4NO/c1-2-18(8-6-7-8)12(19)9-4-3-5-10(11(9)14)13(15,16)17/h3-5,8H,2,6-7H2,1H3. The van der Waals surface area contributed by atoms with E-state index in [-0.39, 0.29) is 6.04 Å². The number of carbonyl (C=O) groups is 1. The van der Waals surface area contributed by atoms with E-state index in [1.54, 1.807) is 6.92 Å². The second-order valence-corrected chi connectivity index (χ2v) is 4.49. The van der Waals surface area contributed by atoms with Gasteiger partial charge in [0.05, 0.1) is 11.1 Å². The molecule has 1 aromatic carbocycles. The lowest BCUT2D eigenvalue weighted by Crippen LogP contribution is -2.33. The maximum Gasteiger partial charge on any atom is 0.419 e. The molecule has 6 heteroatoms. The van der Waals surface area contributed by atoms with Gasteiger partial charge < -0.3 is 4.90 Å². The molecule has 1 saturated carbocycles. The molecule has 0 aromatic heterocycles. The summed E-state index contributed by atoms with van der Waals surface area (Å²) in [6.45, 7) is 2.08.